The first-order chi connectivity index (χ1) is 8.40. The summed E-state index contributed by atoms with van der Waals surface area (Å²) in [5.74, 6) is -2.72. The number of hydrogen-bond acceptors (Lipinski definition) is 3. The van der Waals surface area contributed by atoms with Crippen LogP contribution in [0.25, 0.3) is 0 Å². The monoisotopic (exact) mass is 289 g/mol. The second kappa shape index (κ2) is 6.27. The van der Waals surface area contributed by atoms with Gasteiger partial charge in [0, 0.05) is 5.02 Å². The predicted octanol–water partition coefficient (Wildman–Crippen LogP) is 0.820. The maximum atomic E-state index is 13.3. The Balaban J connectivity index is 2.64. The van der Waals surface area contributed by atoms with Crippen LogP contribution in [0.2, 0.25) is 5.02 Å². The third kappa shape index (κ3) is 4.27. The van der Waals surface area contributed by atoms with Crippen LogP contribution in [0.1, 0.15) is 0 Å². The zero-order valence-corrected chi connectivity index (χ0v) is 10.6. The average Bonchev–Trinajstić information content (AvgIpc) is 2.29. The van der Waals surface area contributed by atoms with Gasteiger partial charge in [-0.05, 0) is 18.2 Å². The van der Waals surface area contributed by atoms with Gasteiger partial charge in [0.05, 0.1) is 17.2 Å². The zero-order valence-electron chi connectivity index (χ0n) is 9.00. The fraction of sp³-hybridized carbons (Fsp3) is 0.100. The highest BCUT2D eigenvalue weighted by molar-refractivity contribution is 7.80. The molecular formula is C10H9ClFN3O2S. The molecule has 1 aromatic carbocycles. The maximum Gasteiger partial charge on any atom is 0.313 e. The Morgan fingerprint density at radius 3 is 2.61 bits per heavy atom. The molecule has 0 heterocycles. The van der Waals surface area contributed by atoms with E-state index in [2.05, 4.69) is 22.9 Å². The summed E-state index contributed by atoms with van der Waals surface area (Å²) in [6.45, 7) is -0.106. The maximum absolute atomic E-state index is 13.3. The van der Waals surface area contributed by atoms with Crippen molar-refractivity contribution in [1.82, 2.24) is 5.32 Å². The third-order valence-corrected chi connectivity index (χ3v) is 2.19. The lowest BCUT2D eigenvalue weighted by Gasteiger charge is -2.06. The Labute approximate surface area is 112 Å². The first kappa shape index (κ1) is 14.3. The minimum atomic E-state index is -1.02. The molecular weight excluding hydrogens is 281 g/mol. The SMILES string of the molecule is NC(=S)CNC(=O)C(=O)Nc1ccc(Cl)cc1F. The molecule has 0 spiro atoms. The first-order valence-corrected chi connectivity index (χ1v) is 5.51. The van der Waals surface area contributed by atoms with Crippen molar-refractivity contribution in [1.29, 1.82) is 0 Å². The fourth-order valence-electron chi connectivity index (χ4n) is 1.02. The molecule has 18 heavy (non-hydrogen) atoms. The standard InChI is InChI=1S/C10H9ClFN3O2S/c11-5-1-2-7(6(12)3-5)15-10(17)9(16)14-4-8(13)18/h1-3H,4H2,(H2,13,18)(H,14,16)(H,15,17). The van der Waals surface area contributed by atoms with Gasteiger partial charge in [0.2, 0.25) is 0 Å². The van der Waals surface area contributed by atoms with E-state index in [0.29, 0.717) is 0 Å². The van der Waals surface area contributed by atoms with Crippen LogP contribution in [0.3, 0.4) is 0 Å². The fourth-order valence-corrected chi connectivity index (χ4v) is 1.25. The number of nitrogens with one attached hydrogen (secondary N) is 2. The van der Waals surface area contributed by atoms with Gasteiger partial charge in [-0.3, -0.25) is 9.59 Å². The highest BCUT2D eigenvalue weighted by Crippen LogP contribution is 2.18. The van der Waals surface area contributed by atoms with E-state index in [-0.39, 0.29) is 22.2 Å². The zero-order chi connectivity index (χ0) is 13.7. The number of rotatable bonds is 3. The second-order valence-electron chi connectivity index (χ2n) is 3.23. The van der Waals surface area contributed by atoms with Crippen LogP contribution in [-0.4, -0.2) is 23.3 Å². The van der Waals surface area contributed by atoms with Crippen LogP contribution in [0.5, 0.6) is 0 Å². The number of halogens is 2. The van der Waals surface area contributed by atoms with Crippen LogP contribution in [0.15, 0.2) is 18.2 Å². The van der Waals surface area contributed by atoms with Crippen LogP contribution in [-0.2, 0) is 9.59 Å². The van der Waals surface area contributed by atoms with Crippen LogP contribution < -0.4 is 16.4 Å². The summed E-state index contributed by atoms with van der Waals surface area (Å²) in [5.41, 5.74) is 5.00. The van der Waals surface area contributed by atoms with E-state index in [1.165, 1.54) is 12.1 Å². The van der Waals surface area contributed by atoms with Crippen molar-refractivity contribution in [3.63, 3.8) is 0 Å². The molecule has 0 aliphatic carbocycles. The van der Waals surface area contributed by atoms with Crippen molar-refractivity contribution in [2.24, 2.45) is 5.73 Å². The van der Waals surface area contributed by atoms with Crippen molar-refractivity contribution < 1.29 is 14.0 Å². The number of thiocarbonyl (C=S) groups is 1. The topological polar surface area (TPSA) is 84.2 Å². The molecule has 8 heteroatoms. The second-order valence-corrected chi connectivity index (χ2v) is 4.19. The summed E-state index contributed by atoms with van der Waals surface area (Å²) >= 11 is 10.1. The molecule has 4 N–H and O–H groups in total. The molecule has 0 aliphatic rings. The lowest BCUT2D eigenvalue weighted by atomic mass is 10.3. The summed E-state index contributed by atoms with van der Waals surface area (Å²) in [7, 11) is 0. The molecule has 0 unspecified atom stereocenters. The van der Waals surface area contributed by atoms with Gasteiger partial charge in [-0.1, -0.05) is 23.8 Å². The molecule has 5 nitrogen and oxygen atoms in total. The van der Waals surface area contributed by atoms with Crippen molar-refractivity contribution >= 4 is 46.3 Å². The van der Waals surface area contributed by atoms with E-state index in [1.54, 1.807) is 0 Å². The summed E-state index contributed by atoms with van der Waals surface area (Å²) in [6.07, 6.45) is 0. The van der Waals surface area contributed by atoms with E-state index in [1.807, 2.05) is 0 Å². The van der Waals surface area contributed by atoms with E-state index in [4.69, 9.17) is 17.3 Å². The smallest absolute Gasteiger partial charge is 0.313 e. The Bertz CT molecular complexity index is 510. The Morgan fingerprint density at radius 2 is 2.06 bits per heavy atom. The van der Waals surface area contributed by atoms with E-state index >= 15 is 0 Å². The molecule has 96 valence electrons. The number of amides is 2. The van der Waals surface area contributed by atoms with Gasteiger partial charge in [0.25, 0.3) is 0 Å². The minimum absolute atomic E-state index is 0.0359. The molecule has 1 aromatic rings. The Hall–Kier alpha value is -1.73. The number of anilines is 1. The molecule has 0 saturated heterocycles. The van der Waals surface area contributed by atoms with Gasteiger partial charge in [-0.15, -0.1) is 0 Å². The molecule has 0 fully saturated rings. The summed E-state index contributed by atoms with van der Waals surface area (Å²) in [4.78, 5) is 22.6. The van der Waals surface area contributed by atoms with Crippen LogP contribution in [0.4, 0.5) is 10.1 Å². The predicted molar refractivity (Wildman–Crippen MR) is 69.8 cm³/mol. The van der Waals surface area contributed by atoms with Gasteiger partial charge in [-0.25, -0.2) is 4.39 Å². The first-order valence-electron chi connectivity index (χ1n) is 4.72. The van der Waals surface area contributed by atoms with Gasteiger partial charge in [0.15, 0.2) is 0 Å². The van der Waals surface area contributed by atoms with Gasteiger partial charge >= 0.3 is 11.8 Å². The van der Waals surface area contributed by atoms with Crippen molar-refractivity contribution in [2.45, 2.75) is 0 Å². The summed E-state index contributed by atoms with van der Waals surface area (Å²) < 4.78 is 13.3. The summed E-state index contributed by atoms with van der Waals surface area (Å²) in [6, 6.07) is 3.65. The molecule has 0 radical (unpaired) electrons. The van der Waals surface area contributed by atoms with Gasteiger partial charge in [-0.2, -0.15) is 0 Å². The van der Waals surface area contributed by atoms with E-state index < -0.39 is 17.6 Å². The lowest BCUT2D eigenvalue weighted by molar-refractivity contribution is -0.135. The highest BCUT2D eigenvalue weighted by Gasteiger charge is 2.15. The number of carbonyl (C=O) groups excluding carboxylic acids is 2. The van der Waals surface area contributed by atoms with Gasteiger partial charge < -0.3 is 16.4 Å². The lowest BCUT2D eigenvalue weighted by Crippen LogP contribution is -2.39. The minimum Gasteiger partial charge on any atom is -0.392 e. The number of nitrogens with two attached hydrogens (primary N) is 1. The molecule has 2 amide bonds. The number of carbonyl (C=O) groups is 2. The van der Waals surface area contributed by atoms with Crippen molar-refractivity contribution in [3.05, 3.63) is 29.0 Å². The largest absolute Gasteiger partial charge is 0.392 e. The normalized spacial score (nSPS) is 9.67. The van der Waals surface area contributed by atoms with E-state index in [0.717, 1.165) is 6.07 Å². The molecule has 0 aromatic heterocycles. The molecule has 0 bridgehead atoms. The highest BCUT2D eigenvalue weighted by atomic mass is 35.5. The average molecular weight is 290 g/mol. The molecule has 0 saturated carbocycles. The van der Waals surface area contributed by atoms with Crippen LogP contribution in [0, 0.1) is 5.82 Å². The van der Waals surface area contributed by atoms with Gasteiger partial charge in [0.1, 0.15) is 5.82 Å². The third-order valence-electron chi connectivity index (χ3n) is 1.81. The molecule has 1 rings (SSSR count). The van der Waals surface area contributed by atoms with E-state index in [9.17, 15) is 14.0 Å². The molecule has 0 aliphatic heterocycles. The number of benzene rings is 1. The quantitative estimate of drug-likeness (QED) is 0.568. The Morgan fingerprint density at radius 1 is 1.39 bits per heavy atom. The summed E-state index contributed by atoms with van der Waals surface area (Å²) in [5, 5.41) is 4.44. The Kier molecular flexibility index (Phi) is 4.99. The number of hydrogen-bond donors (Lipinski definition) is 3. The van der Waals surface area contributed by atoms with Crippen molar-refractivity contribution in [2.75, 3.05) is 11.9 Å². The van der Waals surface area contributed by atoms with Crippen molar-refractivity contribution in [3.8, 4) is 0 Å². The molecule has 0 atom stereocenters. The van der Waals surface area contributed by atoms with Crippen LogP contribution >= 0.6 is 23.8 Å².